The SMILES string of the molecule is CC(C)(C)OC(=O)N1c2ccccc2C(=O)C1(C)O. The van der Waals surface area contributed by atoms with E-state index >= 15 is 0 Å². The number of hydrogen-bond donors (Lipinski definition) is 1. The molecule has 0 bridgehead atoms. The molecule has 1 amide bonds. The molecule has 102 valence electrons. The number of nitrogens with zero attached hydrogens (tertiary/aromatic N) is 1. The normalized spacial score (nSPS) is 22.4. The Bertz CT molecular complexity index is 543. The summed E-state index contributed by atoms with van der Waals surface area (Å²) in [7, 11) is 0. The van der Waals surface area contributed by atoms with Crippen molar-refractivity contribution in [2.24, 2.45) is 0 Å². The summed E-state index contributed by atoms with van der Waals surface area (Å²) in [5.41, 5.74) is -1.93. The lowest BCUT2D eigenvalue weighted by Crippen LogP contribution is -2.52. The number of carbonyl (C=O) groups is 2. The van der Waals surface area contributed by atoms with Crippen LogP contribution in [0.2, 0.25) is 0 Å². The first-order valence-electron chi connectivity index (χ1n) is 6.04. The summed E-state index contributed by atoms with van der Waals surface area (Å²) >= 11 is 0. The van der Waals surface area contributed by atoms with Gasteiger partial charge in [0.1, 0.15) is 5.60 Å². The number of fused-ring (bicyclic) bond motifs is 1. The number of Topliss-reactive ketones (excluding diaryl/α,β-unsaturated/α-hetero) is 1. The summed E-state index contributed by atoms with van der Waals surface area (Å²) in [5, 5.41) is 10.3. The van der Waals surface area contributed by atoms with E-state index in [0.717, 1.165) is 4.90 Å². The zero-order chi connectivity index (χ0) is 14.4. The first kappa shape index (κ1) is 13.5. The molecule has 5 heteroatoms. The van der Waals surface area contributed by atoms with Crippen molar-refractivity contribution in [2.45, 2.75) is 39.0 Å². The van der Waals surface area contributed by atoms with Gasteiger partial charge in [0.15, 0.2) is 0 Å². The lowest BCUT2D eigenvalue weighted by Gasteiger charge is -2.31. The Kier molecular flexibility index (Phi) is 2.90. The van der Waals surface area contributed by atoms with E-state index < -0.39 is 23.2 Å². The minimum Gasteiger partial charge on any atom is -0.443 e. The molecule has 0 aromatic heterocycles. The second kappa shape index (κ2) is 4.06. The lowest BCUT2D eigenvalue weighted by atomic mass is 10.1. The minimum atomic E-state index is -1.91. The van der Waals surface area contributed by atoms with Crippen LogP contribution in [-0.2, 0) is 4.74 Å². The van der Waals surface area contributed by atoms with E-state index in [9.17, 15) is 14.7 Å². The summed E-state index contributed by atoms with van der Waals surface area (Å²) in [6.45, 7) is 6.47. The summed E-state index contributed by atoms with van der Waals surface area (Å²) < 4.78 is 5.24. The number of para-hydroxylation sites is 1. The van der Waals surface area contributed by atoms with E-state index in [2.05, 4.69) is 0 Å². The summed E-state index contributed by atoms with van der Waals surface area (Å²) in [6.07, 6.45) is -0.740. The van der Waals surface area contributed by atoms with Gasteiger partial charge in [0.05, 0.1) is 5.69 Å². The van der Waals surface area contributed by atoms with E-state index in [-0.39, 0.29) is 0 Å². The van der Waals surface area contributed by atoms with Crippen LogP contribution in [0.25, 0.3) is 0 Å². The maximum absolute atomic E-state index is 12.2. The Hall–Kier alpha value is -1.88. The Morgan fingerprint density at radius 2 is 1.89 bits per heavy atom. The largest absolute Gasteiger partial charge is 0.443 e. The van der Waals surface area contributed by atoms with Crippen LogP contribution in [-0.4, -0.2) is 28.3 Å². The van der Waals surface area contributed by atoms with Crippen LogP contribution in [0.5, 0.6) is 0 Å². The van der Waals surface area contributed by atoms with Crippen molar-refractivity contribution in [1.82, 2.24) is 0 Å². The predicted octanol–water partition coefficient (Wildman–Crippen LogP) is 2.33. The third-order valence-electron chi connectivity index (χ3n) is 2.83. The molecule has 0 saturated heterocycles. The molecule has 1 N–H and O–H groups in total. The molecule has 19 heavy (non-hydrogen) atoms. The summed E-state index contributed by atoms with van der Waals surface area (Å²) in [6, 6.07) is 6.57. The smallest absolute Gasteiger partial charge is 0.417 e. The van der Waals surface area contributed by atoms with E-state index in [4.69, 9.17) is 4.74 Å². The lowest BCUT2D eigenvalue weighted by molar-refractivity contribution is 0.0240. The highest BCUT2D eigenvalue weighted by Gasteiger charge is 2.50. The van der Waals surface area contributed by atoms with Crippen molar-refractivity contribution in [3.05, 3.63) is 29.8 Å². The fraction of sp³-hybridized carbons (Fsp3) is 0.429. The standard InChI is InChI=1S/C14H17NO4/c1-13(2,3)19-12(17)15-10-8-6-5-7-9(10)11(16)14(15,4)18/h5-8,18H,1-4H3. The van der Waals surface area contributed by atoms with Gasteiger partial charge in [-0.3, -0.25) is 4.79 Å². The van der Waals surface area contributed by atoms with Crippen molar-refractivity contribution >= 4 is 17.6 Å². The molecule has 1 heterocycles. The average Bonchev–Trinajstić information content (AvgIpc) is 2.45. The molecule has 5 nitrogen and oxygen atoms in total. The van der Waals surface area contributed by atoms with Gasteiger partial charge in [0.2, 0.25) is 11.5 Å². The second-order valence-electron chi connectivity index (χ2n) is 5.68. The molecule has 0 saturated carbocycles. The van der Waals surface area contributed by atoms with E-state index in [1.54, 1.807) is 45.0 Å². The van der Waals surface area contributed by atoms with E-state index in [1.807, 2.05) is 0 Å². The van der Waals surface area contributed by atoms with Gasteiger partial charge >= 0.3 is 6.09 Å². The number of anilines is 1. The molecule has 2 rings (SSSR count). The van der Waals surface area contributed by atoms with Crippen LogP contribution < -0.4 is 4.90 Å². The number of carbonyl (C=O) groups excluding carboxylic acids is 2. The zero-order valence-corrected chi connectivity index (χ0v) is 11.4. The van der Waals surface area contributed by atoms with Crippen molar-refractivity contribution < 1.29 is 19.4 Å². The third-order valence-corrected chi connectivity index (χ3v) is 2.83. The van der Waals surface area contributed by atoms with Crippen LogP contribution in [0.3, 0.4) is 0 Å². The number of aliphatic hydroxyl groups is 1. The second-order valence-corrected chi connectivity index (χ2v) is 5.68. The van der Waals surface area contributed by atoms with Crippen LogP contribution in [0, 0.1) is 0 Å². The zero-order valence-electron chi connectivity index (χ0n) is 11.4. The number of rotatable bonds is 0. The maximum atomic E-state index is 12.2. The van der Waals surface area contributed by atoms with Crippen LogP contribution in [0.4, 0.5) is 10.5 Å². The maximum Gasteiger partial charge on any atom is 0.417 e. The molecular weight excluding hydrogens is 246 g/mol. The highest BCUT2D eigenvalue weighted by molar-refractivity contribution is 6.18. The Labute approximate surface area is 111 Å². The van der Waals surface area contributed by atoms with Gasteiger partial charge in [-0.25, -0.2) is 9.69 Å². The summed E-state index contributed by atoms with van der Waals surface area (Å²) in [5.74, 6) is -0.506. The highest BCUT2D eigenvalue weighted by Crippen LogP contribution is 2.38. The molecule has 0 spiro atoms. The molecule has 1 unspecified atom stereocenters. The molecule has 0 aliphatic carbocycles. The van der Waals surface area contributed by atoms with Crippen LogP contribution in [0.15, 0.2) is 24.3 Å². The first-order valence-corrected chi connectivity index (χ1v) is 6.04. The van der Waals surface area contributed by atoms with Gasteiger partial charge in [-0.2, -0.15) is 0 Å². The number of amides is 1. The van der Waals surface area contributed by atoms with E-state index in [1.165, 1.54) is 6.92 Å². The topological polar surface area (TPSA) is 66.8 Å². The molecule has 1 aliphatic heterocycles. The van der Waals surface area contributed by atoms with Crippen molar-refractivity contribution in [3.63, 3.8) is 0 Å². The molecule has 1 aromatic carbocycles. The first-order chi connectivity index (χ1) is 8.64. The number of benzene rings is 1. The highest BCUT2D eigenvalue weighted by atomic mass is 16.6. The molecule has 0 fully saturated rings. The van der Waals surface area contributed by atoms with Crippen molar-refractivity contribution in [3.8, 4) is 0 Å². The van der Waals surface area contributed by atoms with Crippen molar-refractivity contribution in [1.29, 1.82) is 0 Å². The quantitative estimate of drug-likeness (QED) is 0.780. The average molecular weight is 263 g/mol. The minimum absolute atomic E-state index is 0.318. The Balaban J connectivity index is 2.45. The predicted molar refractivity (Wildman–Crippen MR) is 70.1 cm³/mol. The fourth-order valence-electron chi connectivity index (χ4n) is 2.04. The van der Waals surface area contributed by atoms with Gasteiger partial charge in [-0.05, 0) is 39.8 Å². The Morgan fingerprint density at radius 1 is 1.32 bits per heavy atom. The third kappa shape index (κ3) is 2.21. The fourth-order valence-corrected chi connectivity index (χ4v) is 2.04. The van der Waals surface area contributed by atoms with Crippen molar-refractivity contribution in [2.75, 3.05) is 4.90 Å². The van der Waals surface area contributed by atoms with Gasteiger partial charge in [-0.15, -0.1) is 0 Å². The molecule has 1 aliphatic rings. The molecule has 1 aromatic rings. The van der Waals surface area contributed by atoms with Gasteiger partial charge in [-0.1, -0.05) is 12.1 Å². The number of hydrogen-bond acceptors (Lipinski definition) is 4. The van der Waals surface area contributed by atoms with Gasteiger partial charge in [0, 0.05) is 5.56 Å². The van der Waals surface area contributed by atoms with Gasteiger partial charge < -0.3 is 9.84 Å². The van der Waals surface area contributed by atoms with Crippen LogP contribution >= 0.6 is 0 Å². The number of ether oxygens (including phenoxy) is 1. The summed E-state index contributed by atoms with van der Waals surface area (Å²) in [4.78, 5) is 25.3. The van der Waals surface area contributed by atoms with Crippen LogP contribution in [0.1, 0.15) is 38.1 Å². The molecule has 1 atom stereocenters. The molecular formula is C14H17NO4. The Morgan fingerprint density at radius 3 is 2.47 bits per heavy atom. The number of ketones is 1. The van der Waals surface area contributed by atoms with E-state index in [0.29, 0.717) is 11.3 Å². The molecule has 0 radical (unpaired) electrons. The van der Waals surface area contributed by atoms with Gasteiger partial charge in [0.25, 0.3) is 0 Å². The monoisotopic (exact) mass is 263 g/mol.